The third kappa shape index (κ3) is 3.34. The van der Waals surface area contributed by atoms with Crippen molar-refractivity contribution < 1.29 is 0 Å². The Morgan fingerprint density at radius 2 is 1.96 bits per heavy atom. The number of thioether (sulfide) groups is 1. The maximum Gasteiger partial charge on any atom is 0.191 e. The molecule has 0 N–H and O–H groups in total. The lowest BCUT2D eigenvalue weighted by Gasteiger charge is -2.25. The van der Waals surface area contributed by atoms with Crippen molar-refractivity contribution in [3.8, 4) is 6.07 Å². The van der Waals surface area contributed by atoms with Crippen LogP contribution >= 0.6 is 11.8 Å². The molecule has 0 atom stereocenters. The number of aromatic nitrogens is 3. The molecular weight excluding hydrogens is 316 g/mol. The average Bonchev–Trinajstić information content (AvgIpc) is 3.40. The molecule has 0 spiro atoms. The minimum Gasteiger partial charge on any atom is -0.303 e. The van der Waals surface area contributed by atoms with Crippen molar-refractivity contribution >= 4 is 11.8 Å². The largest absolute Gasteiger partial charge is 0.303 e. The predicted octanol–water partition coefficient (Wildman–Crippen LogP) is 4.82. The summed E-state index contributed by atoms with van der Waals surface area (Å²) in [4.78, 5) is 0. The summed E-state index contributed by atoms with van der Waals surface area (Å²) in [5.41, 5.74) is 1.89. The smallest absolute Gasteiger partial charge is 0.191 e. The van der Waals surface area contributed by atoms with Crippen LogP contribution in [0.3, 0.4) is 0 Å². The minimum atomic E-state index is 0.581. The summed E-state index contributed by atoms with van der Waals surface area (Å²) in [6.45, 7) is 0. The van der Waals surface area contributed by atoms with Crippen LogP contribution in [0.15, 0.2) is 29.4 Å². The van der Waals surface area contributed by atoms with Crippen LogP contribution in [0, 0.1) is 11.3 Å². The Morgan fingerprint density at radius 1 is 1.12 bits per heavy atom. The molecule has 4 rings (SSSR count). The van der Waals surface area contributed by atoms with Gasteiger partial charge in [0.2, 0.25) is 0 Å². The van der Waals surface area contributed by atoms with Crippen molar-refractivity contribution in [3.63, 3.8) is 0 Å². The fraction of sp³-hybridized carbons (Fsp3) is 0.526. The summed E-state index contributed by atoms with van der Waals surface area (Å²) in [5.74, 6) is 2.69. The van der Waals surface area contributed by atoms with E-state index in [1.54, 1.807) is 11.8 Å². The van der Waals surface area contributed by atoms with E-state index in [4.69, 9.17) is 5.26 Å². The standard InChI is InChI=1S/C19H22N4S/c20-12-14-5-4-6-15(11-14)13-24-19-22-21-18(16-9-10-16)23(19)17-7-2-1-3-8-17/h4-6,11,16-17H,1-3,7-10,13H2. The molecule has 1 aromatic carbocycles. The van der Waals surface area contributed by atoms with Crippen LogP contribution in [0.2, 0.25) is 0 Å². The van der Waals surface area contributed by atoms with E-state index >= 15 is 0 Å². The van der Waals surface area contributed by atoms with Gasteiger partial charge in [0.15, 0.2) is 5.16 Å². The van der Waals surface area contributed by atoms with Crippen molar-refractivity contribution in [2.24, 2.45) is 0 Å². The van der Waals surface area contributed by atoms with Gasteiger partial charge < -0.3 is 4.57 Å². The maximum absolute atomic E-state index is 9.05. The number of rotatable bonds is 5. The Morgan fingerprint density at radius 3 is 2.71 bits per heavy atom. The molecule has 2 fully saturated rings. The van der Waals surface area contributed by atoms with Gasteiger partial charge in [-0.25, -0.2) is 0 Å². The molecule has 1 heterocycles. The summed E-state index contributed by atoms with van der Waals surface area (Å²) < 4.78 is 2.45. The second-order valence-electron chi connectivity index (χ2n) is 6.88. The van der Waals surface area contributed by atoms with E-state index in [-0.39, 0.29) is 0 Å². The Bertz CT molecular complexity index is 751. The monoisotopic (exact) mass is 338 g/mol. The first-order valence-corrected chi connectivity index (χ1v) is 9.90. The highest BCUT2D eigenvalue weighted by Gasteiger charge is 2.33. The van der Waals surface area contributed by atoms with Gasteiger partial charge in [-0.2, -0.15) is 5.26 Å². The SMILES string of the molecule is N#Cc1cccc(CSc2nnc(C3CC3)n2C2CCCCC2)c1. The van der Waals surface area contributed by atoms with E-state index < -0.39 is 0 Å². The molecule has 5 heteroatoms. The zero-order valence-corrected chi connectivity index (χ0v) is 14.6. The zero-order valence-electron chi connectivity index (χ0n) is 13.8. The molecule has 2 aliphatic carbocycles. The molecule has 0 unspecified atom stereocenters. The van der Waals surface area contributed by atoms with Gasteiger partial charge >= 0.3 is 0 Å². The number of hydrogen-bond donors (Lipinski definition) is 0. The Hall–Kier alpha value is -1.80. The van der Waals surface area contributed by atoms with Crippen molar-refractivity contribution in [3.05, 3.63) is 41.2 Å². The van der Waals surface area contributed by atoms with Crippen molar-refractivity contribution in [1.29, 1.82) is 5.26 Å². The molecule has 2 aromatic rings. The number of benzene rings is 1. The first-order chi connectivity index (χ1) is 11.8. The summed E-state index contributed by atoms with van der Waals surface area (Å²) in [6.07, 6.45) is 9.05. The van der Waals surface area contributed by atoms with Gasteiger partial charge in [-0.3, -0.25) is 0 Å². The third-order valence-corrected chi connectivity index (χ3v) is 6.01. The number of nitriles is 1. The van der Waals surface area contributed by atoms with Crippen molar-refractivity contribution in [1.82, 2.24) is 14.8 Å². The molecule has 0 saturated heterocycles. The van der Waals surface area contributed by atoms with E-state index in [9.17, 15) is 0 Å². The van der Waals surface area contributed by atoms with Gasteiger partial charge in [-0.05, 0) is 43.4 Å². The summed E-state index contributed by atoms with van der Waals surface area (Å²) in [5, 5.41) is 19.2. The Labute approximate surface area is 147 Å². The first-order valence-electron chi connectivity index (χ1n) is 8.92. The normalized spacial score (nSPS) is 18.5. The molecule has 24 heavy (non-hydrogen) atoms. The lowest BCUT2D eigenvalue weighted by Crippen LogP contribution is -2.16. The highest BCUT2D eigenvalue weighted by Crippen LogP contribution is 2.43. The highest BCUT2D eigenvalue weighted by atomic mass is 32.2. The highest BCUT2D eigenvalue weighted by molar-refractivity contribution is 7.98. The quantitative estimate of drug-likeness (QED) is 0.733. The molecule has 2 aliphatic rings. The van der Waals surface area contributed by atoms with E-state index in [2.05, 4.69) is 26.9 Å². The van der Waals surface area contributed by atoms with Gasteiger partial charge in [-0.15, -0.1) is 10.2 Å². The van der Waals surface area contributed by atoms with Gasteiger partial charge in [0.25, 0.3) is 0 Å². The Balaban J connectivity index is 1.55. The molecule has 0 aliphatic heterocycles. The van der Waals surface area contributed by atoms with E-state index in [0.29, 0.717) is 12.0 Å². The summed E-state index contributed by atoms with van der Waals surface area (Å²) in [7, 11) is 0. The van der Waals surface area contributed by atoms with Crippen LogP contribution in [-0.2, 0) is 5.75 Å². The van der Waals surface area contributed by atoms with E-state index in [1.807, 2.05) is 18.2 Å². The lowest BCUT2D eigenvalue weighted by molar-refractivity contribution is 0.329. The number of hydrogen-bond acceptors (Lipinski definition) is 4. The molecular formula is C19H22N4S. The van der Waals surface area contributed by atoms with Gasteiger partial charge in [0.1, 0.15) is 5.82 Å². The second-order valence-corrected chi connectivity index (χ2v) is 7.82. The topological polar surface area (TPSA) is 54.5 Å². The predicted molar refractivity (Wildman–Crippen MR) is 94.8 cm³/mol. The molecule has 0 amide bonds. The van der Waals surface area contributed by atoms with Crippen LogP contribution in [0.4, 0.5) is 0 Å². The third-order valence-electron chi connectivity index (χ3n) is 5.00. The van der Waals surface area contributed by atoms with Gasteiger partial charge in [0, 0.05) is 17.7 Å². The molecule has 2 saturated carbocycles. The molecule has 124 valence electrons. The molecule has 0 radical (unpaired) electrons. The Kier molecular flexibility index (Phi) is 4.57. The second kappa shape index (κ2) is 6.98. The molecule has 4 nitrogen and oxygen atoms in total. The van der Waals surface area contributed by atoms with E-state index in [1.165, 1.54) is 56.3 Å². The first kappa shape index (κ1) is 15.7. The minimum absolute atomic E-state index is 0.581. The van der Waals surface area contributed by atoms with Crippen LogP contribution in [-0.4, -0.2) is 14.8 Å². The van der Waals surface area contributed by atoms with Crippen molar-refractivity contribution in [2.75, 3.05) is 0 Å². The zero-order chi connectivity index (χ0) is 16.4. The average molecular weight is 338 g/mol. The van der Waals surface area contributed by atoms with Crippen LogP contribution in [0.1, 0.15) is 73.9 Å². The van der Waals surface area contributed by atoms with E-state index in [0.717, 1.165) is 16.5 Å². The van der Waals surface area contributed by atoms with Crippen LogP contribution in [0.5, 0.6) is 0 Å². The summed E-state index contributed by atoms with van der Waals surface area (Å²) >= 11 is 1.76. The number of nitrogens with zero attached hydrogens (tertiary/aromatic N) is 4. The van der Waals surface area contributed by atoms with Gasteiger partial charge in [0.05, 0.1) is 11.6 Å². The lowest BCUT2D eigenvalue weighted by atomic mass is 9.95. The van der Waals surface area contributed by atoms with Crippen LogP contribution in [0.25, 0.3) is 0 Å². The van der Waals surface area contributed by atoms with Crippen LogP contribution < -0.4 is 0 Å². The summed E-state index contributed by atoms with van der Waals surface area (Å²) in [6, 6.07) is 10.6. The van der Waals surface area contributed by atoms with Crippen molar-refractivity contribution in [2.45, 2.75) is 67.8 Å². The molecule has 0 bridgehead atoms. The molecule has 1 aromatic heterocycles. The fourth-order valence-electron chi connectivity index (χ4n) is 3.57. The van der Waals surface area contributed by atoms with Gasteiger partial charge in [-0.1, -0.05) is 43.2 Å². The maximum atomic E-state index is 9.05. The fourth-order valence-corrected chi connectivity index (χ4v) is 4.52.